The third kappa shape index (κ3) is 2.27. The molecule has 0 saturated heterocycles. The van der Waals surface area contributed by atoms with Gasteiger partial charge in [-0.25, -0.2) is 9.97 Å². The van der Waals surface area contributed by atoms with E-state index in [1.54, 1.807) is 0 Å². The quantitative estimate of drug-likeness (QED) is 0.880. The number of amides is 1. The minimum Gasteiger partial charge on any atom is -0.383 e. The molecule has 0 aliphatic heterocycles. The van der Waals surface area contributed by atoms with E-state index in [2.05, 4.69) is 16.5 Å². The zero-order chi connectivity index (χ0) is 15.1. The lowest BCUT2D eigenvalue weighted by atomic mass is 10.1. The Morgan fingerprint density at radius 1 is 1.30 bits per heavy atom. The molecule has 104 valence electrons. The average molecular weight is 282 g/mol. The molecular weight excluding hydrogens is 273 g/mol. The molecule has 0 saturated carbocycles. The van der Waals surface area contributed by atoms with Crippen LogP contribution in [0.1, 0.15) is 21.6 Å². The highest BCUT2D eigenvalue weighted by Gasteiger charge is 2.35. The number of nitrogen functional groups attached to an aromatic ring is 1. The number of nitrogens with two attached hydrogens (primary N) is 2. The Morgan fingerprint density at radius 3 is 2.45 bits per heavy atom. The first-order valence-electron chi connectivity index (χ1n) is 5.34. The lowest BCUT2D eigenvalue weighted by Crippen LogP contribution is -2.16. The van der Waals surface area contributed by atoms with Gasteiger partial charge in [-0.2, -0.15) is 13.2 Å². The van der Waals surface area contributed by atoms with Gasteiger partial charge in [-0.05, 0) is 12.1 Å². The highest BCUT2D eigenvalue weighted by atomic mass is 19.4. The van der Waals surface area contributed by atoms with Crippen molar-refractivity contribution >= 4 is 28.8 Å². The SMILES string of the molecule is C=Cc1cc2cc(C(N)=O)c(N)nc2nc1C(F)(F)F. The van der Waals surface area contributed by atoms with Crippen molar-refractivity contribution in [3.05, 3.63) is 35.5 Å². The Morgan fingerprint density at radius 2 is 1.95 bits per heavy atom. The lowest BCUT2D eigenvalue weighted by molar-refractivity contribution is -0.141. The molecule has 0 bridgehead atoms. The number of primary amides is 1. The maximum absolute atomic E-state index is 12.8. The summed E-state index contributed by atoms with van der Waals surface area (Å²) in [6.45, 7) is 3.31. The zero-order valence-corrected chi connectivity index (χ0v) is 10.0. The van der Waals surface area contributed by atoms with Crippen LogP contribution < -0.4 is 11.5 Å². The molecule has 2 heterocycles. The fraction of sp³-hybridized carbons (Fsp3) is 0.0833. The molecule has 0 unspecified atom stereocenters. The minimum atomic E-state index is -4.64. The van der Waals surface area contributed by atoms with Crippen molar-refractivity contribution < 1.29 is 18.0 Å². The van der Waals surface area contributed by atoms with Crippen molar-refractivity contribution in [1.82, 2.24) is 9.97 Å². The smallest absolute Gasteiger partial charge is 0.383 e. The predicted octanol–water partition coefficient (Wildman–Crippen LogP) is 1.97. The second-order valence-corrected chi connectivity index (χ2v) is 3.96. The van der Waals surface area contributed by atoms with Gasteiger partial charge in [0.05, 0.1) is 5.56 Å². The zero-order valence-electron chi connectivity index (χ0n) is 10.0. The maximum atomic E-state index is 12.8. The summed E-state index contributed by atoms with van der Waals surface area (Å²) >= 11 is 0. The Labute approximate surface area is 111 Å². The van der Waals surface area contributed by atoms with E-state index in [1.807, 2.05) is 0 Å². The summed E-state index contributed by atoms with van der Waals surface area (Å²) in [6.07, 6.45) is -3.62. The summed E-state index contributed by atoms with van der Waals surface area (Å²) in [5.41, 5.74) is 8.94. The standard InChI is InChI=1S/C12H9F3N4O/c1-2-5-3-6-4-7(10(17)20)9(16)19-11(6)18-8(5)12(13,14)15/h2-4H,1H2,(H2,17,20)(H2,16,18,19). The molecule has 2 aromatic heterocycles. The van der Waals surface area contributed by atoms with Crippen LogP contribution in [0.2, 0.25) is 0 Å². The third-order valence-electron chi connectivity index (χ3n) is 2.62. The van der Waals surface area contributed by atoms with Crippen LogP contribution in [0, 0.1) is 0 Å². The van der Waals surface area contributed by atoms with E-state index in [9.17, 15) is 18.0 Å². The van der Waals surface area contributed by atoms with Crippen molar-refractivity contribution in [2.45, 2.75) is 6.18 Å². The van der Waals surface area contributed by atoms with Crippen LogP contribution in [-0.4, -0.2) is 15.9 Å². The molecular formula is C12H9F3N4O. The summed E-state index contributed by atoms with van der Waals surface area (Å²) in [5.74, 6) is -1.09. The van der Waals surface area contributed by atoms with Gasteiger partial charge in [0.25, 0.3) is 5.91 Å². The van der Waals surface area contributed by atoms with Crippen LogP contribution in [0.15, 0.2) is 18.7 Å². The predicted molar refractivity (Wildman–Crippen MR) is 67.6 cm³/mol. The Balaban J connectivity index is 2.81. The molecule has 0 fully saturated rings. The number of carbonyl (C=O) groups excluding carboxylic acids is 1. The van der Waals surface area contributed by atoms with Crippen LogP contribution in [0.5, 0.6) is 0 Å². The van der Waals surface area contributed by atoms with E-state index in [4.69, 9.17) is 11.5 Å². The molecule has 2 rings (SSSR count). The highest BCUT2D eigenvalue weighted by molar-refractivity contribution is 6.00. The van der Waals surface area contributed by atoms with Gasteiger partial charge in [-0.1, -0.05) is 12.7 Å². The molecule has 0 aromatic carbocycles. The molecule has 0 spiro atoms. The van der Waals surface area contributed by atoms with Gasteiger partial charge < -0.3 is 11.5 Å². The number of carbonyl (C=O) groups is 1. The number of aromatic nitrogens is 2. The van der Waals surface area contributed by atoms with E-state index < -0.39 is 17.8 Å². The first kappa shape index (κ1) is 13.8. The Bertz CT molecular complexity index is 725. The molecule has 0 aliphatic carbocycles. The van der Waals surface area contributed by atoms with Gasteiger partial charge >= 0.3 is 6.18 Å². The van der Waals surface area contributed by atoms with Crippen LogP contribution in [-0.2, 0) is 6.18 Å². The average Bonchev–Trinajstić information content (AvgIpc) is 2.35. The van der Waals surface area contributed by atoms with Crippen LogP contribution in [0.25, 0.3) is 17.1 Å². The van der Waals surface area contributed by atoms with Crippen LogP contribution in [0.3, 0.4) is 0 Å². The monoisotopic (exact) mass is 282 g/mol. The van der Waals surface area contributed by atoms with Crippen molar-refractivity contribution in [2.24, 2.45) is 5.73 Å². The normalized spacial score (nSPS) is 11.6. The van der Waals surface area contributed by atoms with Crippen LogP contribution >= 0.6 is 0 Å². The number of pyridine rings is 2. The van der Waals surface area contributed by atoms with Crippen molar-refractivity contribution in [1.29, 1.82) is 0 Å². The fourth-order valence-electron chi connectivity index (χ4n) is 1.71. The first-order chi connectivity index (χ1) is 9.24. The van der Waals surface area contributed by atoms with Crippen molar-refractivity contribution in [3.63, 3.8) is 0 Å². The topological polar surface area (TPSA) is 94.9 Å². The first-order valence-corrected chi connectivity index (χ1v) is 5.34. The summed E-state index contributed by atoms with van der Waals surface area (Å²) in [5, 5.41) is 0.218. The van der Waals surface area contributed by atoms with E-state index in [0.29, 0.717) is 0 Å². The second-order valence-electron chi connectivity index (χ2n) is 3.96. The van der Waals surface area contributed by atoms with Gasteiger partial charge in [0.15, 0.2) is 11.3 Å². The summed E-state index contributed by atoms with van der Waals surface area (Å²) in [7, 11) is 0. The molecule has 8 heteroatoms. The fourth-order valence-corrected chi connectivity index (χ4v) is 1.71. The van der Waals surface area contributed by atoms with Crippen LogP contribution in [0.4, 0.5) is 19.0 Å². The summed E-state index contributed by atoms with van der Waals surface area (Å²) in [4.78, 5) is 18.2. The maximum Gasteiger partial charge on any atom is 0.434 e. The molecule has 20 heavy (non-hydrogen) atoms. The molecule has 2 aromatic rings. The van der Waals surface area contributed by atoms with Gasteiger partial charge in [0, 0.05) is 10.9 Å². The molecule has 0 radical (unpaired) electrons. The number of halogens is 3. The number of hydrogen-bond donors (Lipinski definition) is 2. The summed E-state index contributed by atoms with van der Waals surface area (Å²) in [6, 6.07) is 2.43. The lowest BCUT2D eigenvalue weighted by Gasteiger charge is -2.11. The highest BCUT2D eigenvalue weighted by Crippen LogP contribution is 2.33. The van der Waals surface area contributed by atoms with E-state index >= 15 is 0 Å². The van der Waals surface area contributed by atoms with Crippen molar-refractivity contribution in [3.8, 4) is 0 Å². The van der Waals surface area contributed by atoms with E-state index in [1.165, 1.54) is 12.1 Å². The molecule has 4 N–H and O–H groups in total. The Hall–Kier alpha value is -2.64. The van der Waals surface area contributed by atoms with Gasteiger partial charge in [-0.3, -0.25) is 4.79 Å². The summed E-state index contributed by atoms with van der Waals surface area (Å²) < 4.78 is 38.5. The number of nitrogens with zero attached hydrogens (tertiary/aromatic N) is 2. The number of fused-ring (bicyclic) bond motifs is 1. The number of hydrogen-bond acceptors (Lipinski definition) is 4. The number of rotatable bonds is 2. The van der Waals surface area contributed by atoms with Gasteiger partial charge in [-0.15, -0.1) is 0 Å². The molecule has 5 nitrogen and oxygen atoms in total. The van der Waals surface area contributed by atoms with Crippen molar-refractivity contribution in [2.75, 3.05) is 5.73 Å². The van der Waals surface area contributed by atoms with Gasteiger partial charge in [0.2, 0.25) is 0 Å². The van der Waals surface area contributed by atoms with Gasteiger partial charge in [0.1, 0.15) is 5.82 Å². The molecule has 0 atom stereocenters. The largest absolute Gasteiger partial charge is 0.434 e. The van der Waals surface area contributed by atoms with E-state index in [-0.39, 0.29) is 28.0 Å². The number of anilines is 1. The third-order valence-corrected chi connectivity index (χ3v) is 2.62. The minimum absolute atomic E-state index is 0.0749. The second kappa shape index (κ2) is 4.48. The molecule has 0 aliphatic rings. The molecule has 1 amide bonds. The van der Waals surface area contributed by atoms with E-state index in [0.717, 1.165) is 6.08 Å². The Kier molecular flexibility index (Phi) is 3.09. The number of alkyl halides is 3.